The van der Waals surface area contributed by atoms with E-state index in [0.29, 0.717) is 38.5 Å². The van der Waals surface area contributed by atoms with Crippen LogP contribution in [0.25, 0.3) is 0 Å². The molecule has 0 aromatic heterocycles. The van der Waals surface area contributed by atoms with Crippen molar-refractivity contribution in [1.82, 2.24) is 0 Å². The van der Waals surface area contributed by atoms with Crippen molar-refractivity contribution in [2.75, 3.05) is 26.4 Å². The molecule has 20 nitrogen and oxygen atoms in total. The maximum absolute atomic E-state index is 15.1. The Morgan fingerprint density at radius 3 is 1.51 bits per heavy atom. The van der Waals surface area contributed by atoms with E-state index in [9.17, 15) is 61.0 Å². The lowest BCUT2D eigenvalue weighted by atomic mass is 9.77. The van der Waals surface area contributed by atoms with Gasteiger partial charge in [-0.15, -0.1) is 0 Å². The van der Waals surface area contributed by atoms with Crippen molar-refractivity contribution < 1.29 is 98.9 Å². The second-order valence-electron chi connectivity index (χ2n) is 19.6. The topological polar surface area (TPSA) is 321 Å². The smallest absolute Gasteiger partial charge is 0.356 e. The Hall–Kier alpha value is -1.70. The molecule has 11 N–H and O–H groups in total. The summed E-state index contributed by atoms with van der Waals surface area (Å²) in [7, 11) is 0. The van der Waals surface area contributed by atoms with Crippen LogP contribution in [0, 0.1) is 0 Å². The first-order valence-corrected chi connectivity index (χ1v) is 26.6. The number of rotatable bonds is 36. The molecule has 16 atom stereocenters. The van der Waals surface area contributed by atoms with E-state index < -0.39 is 135 Å². The van der Waals surface area contributed by atoms with Crippen LogP contribution in [0.2, 0.25) is 0 Å². The van der Waals surface area contributed by atoms with Crippen LogP contribution >= 0.6 is 0 Å². The van der Waals surface area contributed by atoms with Gasteiger partial charge in [-0.1, -0.05) is 149 Å². The summed E-state index contributed by atoms with van der Waals surface area (Å²) in [6, 6.07) is 0. The van der Waals surface area contributed by atoms with E-state index >= 15 is 4.79 Å². The Labute approximate surface area is 414 Å². The summed E-state index contributed by atoms with van der Waals surface area (Å²) >= 11 is 0. The summed E-state index contributed by atoms with van der Waals surface area (Å²) in [5.41, 5.74) is -2.85. The summed E-state index contributed by atoms with van der Waals surface area (Å²) in [6.45, 7) is 3.13. The number of unbranched alkanes of at least 4 members (excludes halogenated alkanes) is 20. The number of hydrogen-bond donors (Lipinski definition) is 11. The normalized spacial score (nSPS) is 33.5. The lowest BCUT2D eigenvalue weighted by molar-refractivity contribution is -0.440. The van der Waals surface area contributed by atoms with E-state index in [1.54, 1.807) is 0 Å². The van der Waals surface area contributed by atoms with Gasteiger partial charge >= 0.3 is 11.9 Å². The zero-order valence-corrected chi connectivity index (χ0v) is 42.2. The van der Waals surface area contributed by atoms with Crippen molar-refractivity contribution >= 4 is 11.9 Å². The molecule has 0 amide bonds. The fourth-order valence-electron chi connectivity index (χ4n) is 9.65. The molecular formula is C50H92O20. The Morgan fingerprint density at radius 1 is 0.514 bits per heavy atom. The lowest BCUT2D eigenvalue weighted by Crippen LogP contribution is -2.79. The van der Waals surface area contributed by atoms with Crippen molar-refractivity contribution in [2.45, 2.75) is 279 Å². The highest BCUT2D eigenvalue weighted by Gasteiger charge is 2.73. The molecule has 0 bridgehead atoms. The third kappa shape index (κ3) is 17.4. The van der Waals surface area contributed by atoms with Gasteiger partial charge in [-0.2, -0.15) is 0 Å². The number of hydrogen-bond acceptors (Lipinski definition) is 20. The average molecular weight is 1010 g/mol. The molecule has 3 rings (SSSR count). The number of ether oxygens (including phenoxy) is 7. The molecule has 0 saturated carbocycles. The molecule has 0 aliphatic carbocycles. The summed E-state index contributed by atoms with van der Waals surface area (Å²) in [5, 5.41) is 121. The molecule has 3 aliphatic heterocycles. The van der Waals surface area contributed by atoms with Crippen molar-refractivity contribution in [2.24, 2.45) is 0 Å². The van der Waals surface area contributed by atoms with Gasteiger partial charge < -0.3 is 89.3 Å². The molecule has 0 radical (unpaired) electrons. The van der Waals surface area contributed by atoms with Gasteiger partial charge in [0.1, 0.15) is 73.2 Å². The monoisotopic (exact) mass is 1010 g/mol. The number of carbonyl (C=O) groups excluding carboxylic acids is 2. The van der Waals surface area contributed by atoms with Crippen molar-refractivity contribution in [1.29, 1.82) is 0 Å². The fourth-order valence-corrected chi connectivity index (χ4v) is 9.65. The highest BCUT2D eigenvalue weighted by atomic mass is 16.8. The van der Waals surface area contributed by atoms with E-state index in [0.717, 1.165) is 57.8 Å². The minimum Gasteiger partial charge on any atom is -0.463 e. The minimum atomic E-state index is -3.17. The Kier molecular flexibility index (Phi) is 29.7. The van der Waals surface area contributed by atoms with Gasteiger partial charge in [-0.05, 0) is 19.3 Å². The summed E-state index contributed by atoms with van der Waals surface area (Å²) in [4.78, 5) is 29.4. The molecule has 3 saturated heterocycles. The maximum Gasteiger partial charge on any atom is 0.356 e. The summed E-state index contributed by atoms with van der Waals surface area (Å²) in [5.74, 6) is -5.35. The van der Waals surface area contributed by atoms with Gasteiger partial charge in [0.2, 0.25) is 0 Å². The fraction of sp³-hybridized carbons (Fsp3) is 0.960. The first kappa shape index (κ1) is 62.6. The number of aliphatic hydroxyl groups is 11. The van der Waals surface area contributed by atoms with E-state index in [2.05, 4.69) is 6.92 Å². The van der Waals surface area contributed by atoms with E-state index in [4.69, 9.17) is 33.2 Å². The average Bonchev–Trinajstić information content (AvgIpc) is 3.35. The quantitative estimate of drug-likeness (QED) is 0.0317. The van der Waals surface area contributed by atoms with E-state index in [1.807, 2.05) is 13.8 Å². The summed E-state index contributed by atoms with van der Waals surface area (Å²) < 4.78 is 41.6. The second kappa shape index (κ2) is 33.3. The number of esters is 2. The van der Waals surface area contributed by atoms with Gasteiger partial charge in [0.15, 0.2) is 12.6 Å². The van der Waals surface area contributed by atoms with E-state index in [1.165, 1.54) is 44.9 Å². The first-order chi connectivity index (χ1) is 33.6. The molecule has 3 unspecified atom stereocenters. The van der Waals surface area contributed by atoms with Crippen LogP contribution in [-0.2, 0) is 42.7 Å². The molecule has 0 aromatic rings. The van der Waals surface area contributed by atoms with Crippen LogP contribution < -0.4 is 0 Å². The van der Waals surface area contributed by atoms with Crippen molar-refractivity contribution in [3.8, 4) is 0 Å². The lowest BCUT2D eigenvalue weighted by Gasteiger charge is -2.57. The molecule has 0 aromatic carbocycles. The highest BCUT2D eigenvalue weighted by Crippen LogP contribution is 2.48. The zero-order valence-electron chi connectivity index (χ0n) is 42.2. The van der Waals surface area contributed by atoms with Gasteiger partial charge in [-0.25, -0.2) is 4.79 Å². The van der Waals surface area contributed by atoms with Crippen LogP contribution in [0.3, 0.4) is 0 Å². The third-order valence-electron chi connectivity index (χ3n) is 14.0. The maximum atomic E-state index is 15.1. The van der Waals surface area contributed by atoms with Crippen LogP contribution in [-0.4, -0.2) is 192 Å². The molecule has 3 fully saturated rings. The molecule has 70 heavy (non-hydrogen) atoms. The minimum absolute atomic E-state index is 0.119. The van der Waals surface area contributed by atoms with Crippen LogP contribution in [0.4, 0.5) is 0 Å². The standard InChI is InChI=1S/C50H92O20/c1-4-7-10-13-15-16-17-18-19-20-21-22-24-27-36(54)69-49(28-25-23-14-11-8-5-2,48(63)64-29-26-12-9-6-3)50(45(61)40(58)37(55)33(30-51)68-50)70-44-35(32-53)66-47(42(60)39(44)57)67-43-34(31-52)65-46(62)41(59)38(43)56/h33-35,37-47,51-53,55-62H,4-32H2,1-3H3/t33-,34-,35-,37-,38-,39-,40+,41-,42-,43-,44-,45-,46+,47?,49?,50?/m1/s1. The van der Waals surface area contributed by atoms with Gasteiger partial charge in [0.25, 0.3) is 11.4 Å². The Balaban J connectivity index is 2.04. The third-order valence-corrected chi connectivity index (χ3v) is 14.0. The number of aliphatic hydroxyl groups excluding tert-OH is 11. The molecular weight excluding hydrogens is 921 g/mol. The molecule has 20 heteroatoms. The van der Waals surface area contributed by atoms with Gasteiger partial charge in [0.05, 0.1) is 26.4 Å². The predicted octanol–water partition coefficient (Wildman–Crippen LogP) is 2.43. The van der Waals surface area contributed by atoms with Gasteiger partial charge in [-0.3, -0.25) is 4.79 Å². The van der Waals surface area contributed by atoms with Crippen LogP contribution in [0.15, 0.2) is 0 Å². The molecule has 3 aliphatic rings. The van der Waals surface area contributed by atoms with Crippen LogP contribution in [0.1, 0.15) is 181 Å². The SMILES string of the molecule is CCCCCCCCCCCCCCCC(=O)OC(CCCCCCCC)(C(=O)OCCCCCC)C1(O[C@H]2[C@H](O)[C@@H](O)C(O[C@H]3[C@H](O)[C@@H](O)[C@@H](O)O[C@@H]3CO)O[C@@H]2CO)O[C@H](CO)[C@@H](O)[C@H](O)[C@H]1O. The van der Waals surface area contributed by atoms with Gasteiger partial charge in [0, 0.05) is 12.8 Å². The largest absolute Gasteiger partial charge is 0.463 e. The second-order valence-corrected chi connectivity index (χ2v) is 19.6. The van der Waals surface area contributed by atoms with Crippen LogP contribution in [0.5, 0.6) is 0 Å². The van der Waals surface area contributed by atoms with Crippen molar-refractivity contribution in [3.05, 3.63) is 0 Å². The van der Waals surface area contributed by atoms with E-state index in [-0.39, 0.29) is 19.4 Å². The number of carbonyl (C=O) groups is 2. The Morgan fingerprint density at radius 2 is 0.986 bits per heavy atom. The zero-order chi connectivity index (χ0) is 51.7. The molecule has 412 valence electrons. The predicted molar refractivity (Wildman–Crippen MR) is 252 cm³/mol. The summed E-state index contributed by atoms with van der Waals surface area (Å²) in [6.07, 6.45) is -8.16. The molecule has 0 spiro atoms. The molecule has 3 heterocycles. The van der Waals surface area contributed by atoms with Crippen molar-refractivity contribution in [3.63, 3.8) is 0 Å². The first-order valence-electron chi connectivity index (χ1n) is 26.6. The Bertz CT molecular complexity index is 1410. The highest BCUT2D eigenvalue weighted by molar-refractivity contribution is 5.85.